The molecule has 1 aromatic heterocycles. The van der Waals surface area contributed by atoms with E-state index in [1.165, 1.54) is 77.9 Å². The summed E-state index contributed by atoms with van der Waals surface area (Å²) < 4.78 is 2.37. The third-order valence-corrected chi connectivity index (χ3v) is 13.1. The van der Waals surface area contributed by atoms with Crippen molar-refractivity contribution in [3.63, 3.8) is 0 Å². The Hall–Kier alpha value is -6.45. The molecule has 10 rings (SSSR count). The van der Waals surface area contributed by atoms with Crippen LogP contribution in [0.2, 0.25) is 0 Å². The first-order valence-corrected chi connectivity index (χ1v) is 21.4. The van der Waals surface area contributed by atoms with Gasteiger partial charge in [0.25, 0.3) is 5.82 Å². The molecule has 3 heteroatoms. The van der Waals surface area contributed by atoms with Crippen molar-refractivity contribution >= 4 is 0 Å². The minimum atomic E-state index is -0.0591. The molecule has 0 saturated carbocycles. The molecule has 8 aromatic rings. The number of aryl methyl sites for hydroxylation is 3. The Bertz CT molecular complexity index is 2890. The van der Waals surface area contributed by atoms with Crippen LogP contribution in [-0.2, 0) is 24.8 Å². The molecule has 0 aliphatic heterocycles. The molecule has 0 spiro atoms. The summed E-state index contributed by atoms with van der Waals surface area (Å²) in [5.74, 6) is 2.87. The first-order chi connectivity index (χ1) is 28.8. The maximum Gasteiger partial charge on any atom is 0.308 e. The minimum absolute atomic E-state index is 0.0591. The summed E-state index contributed by atoms with van der Waals surface area (Å²) in [6.07, 6.45) is 2.88. The third kappa shape index (κ3) is 6.23. The zero-order valence-corrected chi connectivity index (χ0v) is 34.8. The van der Waals surface area contributed by atoms with Crippen molar-refractivity contribution in [2.75, 3.05) is 0 Å². The van der Waals surface area contributed by atoms with Crippen molar-refractivity contribution in [3.05, 3.63) is 197 Å². The number of rotatable bonds is 7. The van der Waals surface area contributed by atoms with Crippen molar-refractivity contribution in [3.8, 4) is 67.3 Å². The van der Waals surface area contributed by atoms with Crippen LogP contribution >= 0.6 is 0 Å². The van der Waals surface area contributed by atoms with E-state index >= 15 is 0 Å². The lowest BCUT2D eigenvalue weighted by Crippen LogP contribution is -2.44. The molecule has 0 amide bonds. The van der Waals surface area contributed by atoms with Crippen molar-refractivity contribution in [2.24, 2.45) is 0 Å². The van der Waals surface area contributed by atoms with Crippen LogP contribution in [0.4, 0.5) is 0 Å². The highest BCUT2D eigenvalue weighted by atomic mass is 15.1. The van der Waals surface area contributed by atoms with E-state index in [-0.39, 0.29) is 11.3 Å². The second-order valence-electron chi connectivity index (χ2n) is 16.9. The molecule has 7 aromatic carbocycles. The number of fused-ring (bicyclic) bond motifs is 6. The van der Waals surface area contributed by atoms with Crippen molar-refractivity contribution in [1.29, 1.82) is 0 Å². The molecule has 288 valence electrons. The van der Waals surface area contributed by atoms with Gasteiger partial charge in [0.15, 0.2) is 0 Å². The summed E-state index contributed by atoms with van der Waals surface area (Å²) in [4.78, 5) is 11.0. The van der Waals surface area contributed by atoms with E-state index in [1.807, 2.05) is 0 Å². The monoisotopic (exact) mass is 764 g/mol. The Kier molecular flexibility index (Phi) is 9.21. The van der Waals surface area contributed by atoms with Crippen LogP contribution in [0.1, 0.15) is 79.2 Å². The van der Waals surface area contributed by atoms with Gasteiger partial charge in [-0.25, -0.2) is 4.57 Å². The predicted molar refractivity (Wildman–Crippen MR) is 243 cm³/mol. The van der Waals surface area contributed by atoms with E-state index in [0.717, 1.165) is 54.4 Å². The van der Waals surface area contributed by atoms with E-state index in [2.05, 4.69) is 197 Å². The minimum Gasteiger partial charge on any atom is -0.230 e. The summed E-state index contributed by atoms with van der Waals surface area (Å²) in [5, 5.41) is 0. The number of hydrogen-bond donors (Lipinski definition) is 0. The summed E-state index contributed by atoms with van der Waals surface area (Å²) in [7, 11) is 0. The SMILES string of the molecule is CCc1cc(-c2ccccc2)ccc1-c1ccc(-c2nc(-c3ccccc3)[n+](CC)c(C3CCc4cc5c(cc4-c4ccccc43)C(C)(C)c3ccccc3-5)n2)cc1C. The highest BCUT2D eigenvalue weighted by Gasteiger charge is 2.38. The molecule has 1 heterocycles. The molecule has 0 fully saturated rings. The van der Waals surface area contributed by atoms with Crippen LogP contribution in [0, 0.1) is 6.92 Å². The van der Waals surface area contributed by atoms with Gasteiger partial charge in [0.2, 0.25) is 5.82 Å². The topological polar surface area (TPSA) is 29.7 Å². The number of aromatic nitrogens is 3. The molecule has 0 N–H and O–H groups in total. The average Bonchev–Trinajstić information content (AvgIpc) is 3.39. The second-order valence-corrected chi connectivity index (χ2v) is 16.9. The Morgan fingerprint density at radius 2 is 1.24 bits per heavy atom. The molecule has 0 bridgehead atoms. The third-order valence-electron chi connectivity index (χ3n) is 13.1. The fraction of sp³-hybridized carbons (Fsp3) is 0.196. The lowest BCUT2D eigenvalue weighted by molar-refractivity contribution is -0.696. The fourth-order valence-corrected chi connectivity index (χ4v) is 10.1. The zero-order valence-electron chi connectivity index (χ0n) is 34.8. The van der Waals surface area contributed by atoms with E-state index in [1.54, 1.807) is 0 Å². The normalized spacial score (nSPS) is 14.8. The van der Waals surface area contributed by atoms with Gasteiger partial charge in [-0.15, -0.1) is 0 Å². The van der Waals surface area contributed by atoms with Gasteiger partial charge in [-0.3, -0.25) is 0 Å². The Labute approximate surface area is 349 Å². The lowest BCUT2D eigenvalue weighted by Gasteiger charge is -2.23. The predicted octanol–water partition coefficient (Wildman–Crippen LogP) is 13.4. The van der Waals surface area contributed by atoms with Gasteiger partial charge in [-0.1, -0.05) is 158 Å². The number of nitrogens with zero attached hydrogens (tertiary/aromatic N) is 3. The summed E-state index contributed by atoms with van der Waals surface area (Å²) in [6.45, 7) is 12.2. The fourth-order valence-electron chi connectivity index (χ4n) is 10.1. The van der Waals surface area contributed by atoms with Gasteiger partial charge in [0.05, 0.1) is 23.6 Å². The highest BCUT2D eigenvalue weighted by molar-refractivity contribution is 5.86. The maximum atomic E-state index is 5.62. The molecule has 2 aliphatic carbocycles. The van der Waals surface area contributed by atoms with Crippen LogP contribution < -0.4 is 4.57 Å². The summed E-state index contributed by atoms with van der Waals surface area (Å²) in [5.41, 5.74) is 20.7. The second kappa shape index (κ2) is 14.7. The van der Waals surface area contributed by atoms with Gasteiger partial charge in [-0.2, -0.15) is 0 Å². The van der Waals surface area contributed by atoms with Crippen LogP contribution in [0.3, 0.4) is 0 Å². The molecular weight excluding hydrogens is 715 g/mol. The van der Waals surface area contributed by atoms with E-state index < -0.39 is 0 Å². The summed E-state index contributed by atoms with van der Waals surface area (Å²) >= 11 is 0. The van der Waals surface area contributed by atoms with E-state index in [4.69, 9.17) is 9.97 Å². The van der Waals surface area contributed by atoms with E-state index in [0.29, 0.717) is 0 Å². The van der Waals surface area contributed by atoms with Gasteiger partial charge in [0.1, 0.15) is 0 Å². The zero-order chi connectivity index (χ0) is 40.3. The molecular formula is C56H50N3+. The van der Waals surface area contributed by atoms with Gasteiger partial charge in [0, 0.05) is 5.41 Å². The molecule has 1 atom stereocenters. The van der Waals surface area contributed by atoms with Gasteiger partial charge < -0.3 is 0 Å². The molecule has 0 radical (unpaired) electrons. The highest BCUT2D eigenvalue weighted by Crippen LogP contribution is 2.52. The van der Waals surface area contributed by atoms with Crippen LogP contribution in [0.25, 0.3) is 67.3 Å². The Morgan fingerprint density at radius 1 is 0.559 bits per heavy atom. The van der Waals surface area contributed by atoms with Gasteiger partial charge >= 0.3 is 5.82 Å². The molecule has 1 unspecified atom stereocenters. The van der Waals surface area contributed by atoms with Crippen molar-refractivity contribution in [2.45, 2.75) is 71.8 Å². The van der Waals surface area contributed by atoms with Crippen LogP contribution in [-0.4, -0.2) is 9.97 Å². The average molecular weight is 765 g/mol. The molecule has 2 aliphatic rings. The Balaban J connectivity index is 1.10. The quantitative estimate of drug-likeness (QED) is 0.151. The number of hydrogen-bond acceptors (Lipinski definition) is 2. The van der Waals surface area contributed by atoms with Crippen LogP contribution in [0.5, 0.6) is 0 Å². The standard InChI is InChI=1S/C56H50N3/c1-6-37-33-40(38-18-10-8-11-19-38)26-30-44(37)43-29-28-42(32-36(43)3)53-57-54(39-20-12-9-13-21-39)59(7-2)55(58-53)48-31-27-41-34-50-47-24-16-17-25-51(47)56(4,5)52(50)35-49(41)46-23-15-14-22-45(46)48/h8-26,28-30,32-35,48H,6-7,27,31H2,1-5H3/q+1. The molecule has 59 heavy (non-hydrogen) atoms. The molecule has 3 nitrogen and oxygen atoms in total. The first-order valence-electron chi connectivity index (χ1n) is 21.4. The smallest absolute Gasteiger partial charge is 0.230 e. The lowest BCUT2D eigenvalue weighted by atomic mass is 9.80. The largest absolute Gasteiger partial charge is 0.308 e. The van der Waals surface area contributed by atoms with Gasteiger partial charge in [-0.05, 0) is 141 Å². The van der Waals surface area contributed by atoms with E-state index in [9.17, 15) is 0 Å². The van der Waals surface area contributed by atoms with Crippen molar-refractivity contribution < 1.29 is 4.57 Å². The first kappa shape index (κ1) is 36.9. The van der Waals surface area contributed by atoms with Crippen LogP contribution in [0.15, 0.2) is 158 Å². The molecule has 0 saturated heterocycles. The number of benzene rings is 7. The van der Waals surface area contributed by atoms with Crippen molar-refractivity contribution in [1.82, 2.24) is 9.97 Å². The Morgan fingerprint density at radius 3 is 1.98 bits per heavy atom. The summed E-state index contributed by atoms with van der Waals surface area (Å²) in [6, 6.07) is 58.2. The maximum absolute atomic E-state index is 5.62.